The molecular formula is C18H18FN3OS. The maximum atomic E-state index is 13.2. The molecule has 1 aromatic carbocycles. The van der Waals surface area contributed by atoms with E-state index in [9.17, 15) is 9.18 Å². The van der Waals surface area contributed by atoms with E-state index in [1.165, 1.54) is 46.6 Å². The van der Waals surface area contributed by atoms with E-state index in [0.717, 1.165) is 25.1 Å². The monoisotopic (exact) mass is 343 g/mol. The number of benzene rings is 1. The van der Waals surface area contributed by atoms with Crippen molar-refractivity contribution >= 4 is 22.2 Å². The number of hydrogen-bond donors (Lipinski definition) is 2. The number of H-pyrrole nitrogens is 1. The van der Waals surface area contributed by atoms with Crippen LogP contribution < -0.4 is 10.7 Å². The summed E-state index contributed by atoms with van der Waals surface area (Å²) in [6, 6.07) is 5.77. The first-order chi connectivity index (χ1) is 11.7. The molecular weight excluding hydrogens is 325 g/mol. The molecule has 0 fully saturated rings. The van der Waals surface area contributed by atoms with Crippen molar-refractivity contribution in [2.45, 2.75) is 32.2 Å². The lowest BCUT2D eigenvalue weighted by atomic mass is 10.2. The Morgan fingerprint density at radius 2 is 2.21 bits per heavy atom. The molecule has 1 aliphatic carbocycles. The Morgan fingerprint density at radius 3 is 3.08 bits per heavy atom. The fourth-order valence-corrected chi connectivity index (χ4v) is 4.30. The number of aromatic nitrogens is 2. The molecule has 3 aromatic rings. The predicted octanol–water partition coefficient (Wildman–Crippen LogP) is 2.94. The lowest BCUT2D eigenvalue weighted by Gasteiger charge is -2.06. The van der Waals surface area contributed by atoms with Crippen molar-refractivity contribution in [3.63, 3.8) is 0 Å². The Morgan fingerprint density at radius 1 is 1.29 bits per heavy atom. The van der Waals surface area contributed by atoms with E-state index < -0.39 is 5.82 Å². The van der Waals surface area contributed by atoms with Gasteiger partial charge in [0, 0.05) is 47.1 Å². The van der Waals surface area contributed by atoms with E-state index in [2.05, 4.69) is 15.3 Å². The highest BCUT2D eigenvalue weighted by molar-refractivity contribution is 7.11. The zero-order valence-corrected chi connectivity index (χ0v) is 14.0. The highest BCUT2D eigenvalue weighted by Crippen LogP contribution is 2.27. The molecule has 0 saturated carbocycles. The molecule has 4 rings (SSSR count). The predicted molar refractivity (Wildman–Crippen MR) is 94.1 cm³/mol. The third-order valence-electron chi connectivity index (χ3n) is 4.32. The molecule has 124 valence electrons. The average Bonchev–Trinajstić information content (AvgIpc) is 3.14. The standard InChI is InChI=1S/C18H18FN3OS/c19-11-4-5-14-13(8-11)16(23)9-12(21-14)10-20-7-6-18-22-15-2-1-3-17(15)24-18/h4-5,8-9,20H,1-3,6-7,10H2,(H,21,23). The molecule has 0 aliphatic heterocycles. The molecule has 0 spiro atoms. The lowest BCUT2D eigenvalue weighted by molar-refractivity contribution is 0.629. The Labute approximate surface area is 142 Å². The maximum absolute atomic E-state index is 13.2. The number of nitrogens with one attached hydrogen (secondary N) is 2. The van der Waals surface area contributed by atoms with Gasteiger partial charge >= 0.3 is 0 Å². The number of hydrogen-bond acceptors (Lipinski definition) is 4. The minimum Gasteiger partial charge on any atom is -0.357 e. The summed E-state index contributed by atoms with van der Waals surface area (Å²) in [6.45, 7) is 1.39. The molecule has 0 saturated heterocycles. The van der Waals surface area contributed by atoms with Crippen molar-refractivity contribution < 1.29 is 4.39 Å². The van der Waals surface area contributed by atoms with Gasteiger partial charge in [0.25, 0.3) is 0 Å². The first-order valence-corrected chi connectivity index (χ1v) is 9.00. The second-order valence-corrected chi connectivity index (χ2v) is 7.27. The van der Waals surface area contributed by atoms with Gasteiger partial charge in [-0.1, -0.05) is 0 Å². The first kappa shape index (κ1) is 15.5. The average molecular weight is 343 g/mol. The fourth-order valence-electron chi connectivity index (χ4n) is 3.14. The van der Waals surface area contributed by atoms with Crippen LogP contribution in [0.5, 0.6) is 0 Å². The van der Waals surface area contributed by atoms with Crippen molar-refractivity contribution in [3.8, 4) is 0 Å². The molecule has 4 nitrogen and oxygen atoms in total. The smallest absolute Gasteiger partial charge is 0.189 e. The van der Waals surface area contributed by atoms with Gasteiger partial charge in [0.1, 0.15) is 5.82 Å². The Bertz CT molecular complexity index is 926. The van der Waals surface area contributed by atoms with Gasteiger partial charge in [-0.25, -0.2) is 9.37 Å². The van der Waals surface area contributed by atoms with Gasteiger partial charge in [0.05, 0.1) is 10.7 Å². The van der Waals surface area contributed by atoms with E-state index in [1.807, 2.05) is 11.3 Å². The number of thiazole rings is 1. The summed E-state index contributed by atoms with van der Waals surface area (Å²) in [5, 5.41) is 4.92. The fraction of sp³-hybridized carbons (Fsp3) is 0.333. The van der Waals surface area contributed by atoms with Crippen LogP contribution in [0, 0.1) is 5.82 Å². The molecule has 24 heavy (non-hydrogen) atoms. The molecule has 2 aromatic heterocycles. The number of halogens is 1. The molecule has 6 heteroatoms. The molecule has 0 bridgehead atoms. The summed E-state index contributed by atoms with van der Waals surface area (Å²) < 4.78 is 13.2. The molecule has 0 radical (unpaired) electrons. The van der Waals surface area contributed by atoms with Crippen molar-refractivity contribution in [3.05, 3.63) is 61.6 Å². The summed E-state index contributed by atoms with van der Waals surface area (Å²) in [7, 11) is 0. The third-order valence-corrected chi connectivity index (χ3v) is 5.54. The molecule has 1 aliphatic rings. The van der Waals surface area contributed by atoms with E-state index in [-0.39, 0.29) is 5.43 Å². The molecule has 0 atom stereocenters. The number of rotatable bonds is 5. The van der Waals surface area contributed by atoms with Crippen molar-refractivity contribution in [1.82, 2.24) is 15.3 Å². The van der Waals surface area contributed by atoms with Crippen LogP contribution >= 0.6 is 11.3 Å². The van der Waals surface area contributed by atoms with Crippen LogP contribution in [0.2, 0.25) is 0 Å². The van der Waals surface area contributed by atoms with E-state index in [0.29, 0.717) is 17.4 Å². The van der Waals surface area contributed by atoms with Crippen molar-refractivity contribution in [2.24, 2.45) is 0 Å². The number of nitrogens with zero attached hydrogens (tertiary/aromatic N) is 1. The van der Waals surface area contributed by atoms with E-state index in [1.54, 1.807) is 6.07 Å². The van der Waals surface area contributed by atoms with Crippen LogP contribution in [0.25, 0.3) is 10.9 Å². The summed E-state index contributed by atoms with van der Waals surface area (Å²) in [5.74, 6) is -0.394. The van der Waals surface area contributed by atoms with Crippen LogP contribution in [0.15, 0.2) is 29.1 Å². The zero-order chi connectivity index (χ0) is 16.5. The molecule has 0 unspecified atom stereocenters. The van der Waals surface area contributed by atoms with Gasteiger partial charge in [-0.15, -0.1) is 11.3 Å². The number of pyridine rings is 1. The largest absolute Gasteiger partial charge is 0.357 e. The van der Waals surface area contributed by atoms with E-state index in [4.69, 9.17) is 0 Å². The van der Waals surface area contributed by atoms with Crippen LogP contribution in [-0.4, -0.2) is 16.5 Å². The van der Waals surface area contributed by atoms with Gasteiger partial charge in [0.2, 0.25) is 0 Å². The van der Waals surface area contributed by atoms with Crippen LogP contribution in [0.1, 0.15) is 27.7 Å². The highest BCUT2D eigenvalue weighted by Gasteiger charge is 2.16. The number of aromatic amines is 1. The third kappa shape index (κ3) is 3.12. The zero-order valence-electron chi connectivity index (χ0n) is 13.2. The van der Waals surface area contributed by atoms with Crippen molar-refractivity contribution in [2.75, 3.05) is 6.54 Å². The number of fused-ring (bicyclic) bond motifs is 2. The number of aryl methyl sites for hydroxylation is 2. The van der Waals surface area contributed by atoms with Gasteiger partial charge in [-0.3, -0.25) is 4.79 Å². The van der Waals surface area contributed by atoms with E-state index >= 15 is 0 Å². The Kier molecular flexibility index (Phi) is 4.16. The van der Waals surface area contributed by atoms with Gasteiger partial charge in [0.15, 0.2) is 5.43 Å². The van der Waals surface area contributed by atoms with Gasteiger partial charge in [-0.2, -0.15) is 0 Å². The SMILES string of the molecule is O=c1cc(CNCCc2nc3c(s2)CCC3)[nH]c2ccc(F)cc12. The molecule has 2 heterocycles. The maximum Gasteiger partial charge on any atom is 0.189 e. The highest BCUT2D eigenvalue weighted by atomic mass is 32.1. The molecule has 0 amide bonds. The minimum atomic E-state index is -0.394. The topological polar surface area (TPSA) is 57.8 Å². The minimum absolute atomic E-state index is 0.156. The summed E-state index contributed by atoms with van der Waals surface area (Å²) >= 11 is 1.83. The normalized spacial score (nSPS) is 13.5. The second kappa shape index (κ2) is 6.45. The van der Waals surface area contributed by atoms with Crippen LogP contribution in [0.4, 0.5) is 4.39 Å². The van der Waals surface area contributed by atoms with Crippen LogP contribution in [-0.2, 0) is 25.8 Å². The summed E-state index contributed by atoms with van der Waals surface area (Å²) in [6.07, 6.45) is 4.45. The summed E-state index contributed by atoms with van der Waals surface area (Å²) in [5.41, 5.74) is 2.61. The Hall–Kier alpha value is -2.05. The first-order valence-electron chi connectivity index (χ1n) is 8.19. The Balaban J connectivity index is 1.38. The van der Waals surface area contributed by atoms with Gasteiger partial charge < -0.3 is 10.3 Å². The lowest BCUT2D eigenvalue weighted by Crippen LogP contribution is -2.19. The molecule has 2 N–H and O–H groups in total. The van der Waals surface area contributed by atoms with Crippen molar-refractivity contribution in [1.29, 1.82) is 0 Å². The van der Waals surface area contributed by atoms with Crippen LogP contribution in [0.3, 0.4) is 0 Å². The quantitative estimate of drug-likeness (QED) is 0.700. The van der Waals surface area contributed by atoms with Gasteiger partial charge in [-0.05, 0) is 37.5 Å². The second-order valence-electron chi connectivity index (χ2n) is 6.11. The summed E-state index contributed by atoms with van der Waals surface area (Å²) in [4.78, 5) is 21.4.